The second-order valence-corrected chi connectivity index (χ2v) is 8.77. The number of aliphatic hydroxyl groups is 1. The van der Waals surface area contributed by atoms with Gasteiger partial charge in [0, 0.05) is 13.3 Å². The predicted molar refractivity (Wildman–Crippen MR) is 124 cm³/mol. The van der Waals surface area contributed by atoms with E-state index in [2.05, 4.69) is 31.0 Å². The third-order valence-electron chi connectivity index (χ3n) is 6.60. The summed E-state index contributed by atoms with van der Waals surface area (Å²) < 4.78 is 0.743. The molecule has 1 N–H and O–H groups in total. The van der Waals surface area contributed by atoms with Crippen LogP contribution in [0.3, 0.4) is 0 Å². The molecular formula is C25H49N2O+. The fourth-order valence-electron chi connectivity index (χ4n) is 4.49. The SMILES string of the molecule is CCCCCC/C=C/CCCCCCCCCCC1N=CC[N+]1(CC)C(C)O. The Hall–Kier alpha value is -0.670. The van der Waals surface area contributed by atoms with Crippen LogP contribution in [0.1, 0.15) is 117 Å². The summed E-state index contributed by atoms with van der Waals surface area (Å²) in [5.74, 6) is 0. The number of aliphatic imine (C=N–C) groups is 1. The van der Waals surface area contributed by atoms with Crippen molar-refractivity contribution in [2.24, 2.45) is 4.99 Å². The number of quaternary nitrogens is 1. The molecule has 28 heavy (non-hydrogen) atoms. The van der Waals surface area contributed by atoms with Crippen LogP contribution in [0.4, 0.5) is 0 Å². The molecule has 0 fully saturated rings. The molecule has 0 radical (unpaired) electrons. The first-order valence-electron chi connectivity index (χ1n) is 12.4. The molecule has 1 aliphatic rings. The molecule has 0 aromatic heterocycles. The Labute approximate surface area is 175 Å². The van der Waals surface area contributed by atoms with Crippen molar-refractivity contribution in [3.63, 3.8) is 0 Å². The number of allylic oxidation sites excluding steroid dienone is 2. The van der Waals surface area contributed by atoms with Gasteiger partial charge in [0.15, 0.2) is 12.4 Å². The minimum atomic E-state index is -0.312. The number of hydrogen-bond donors (Lipinski definition) is 1. The van der Waals surface area contributed by atoms with E-state index < -0.39 is 0 Å². The maximum Gasteiger partial charge on any atom is 0.189 e. The Bertz CT molecular complexity index is 419. The number of unbranched alkanes of at least 4 members (excludes halogenated alkanes) is 12. The van der Waals surface area contributed by atoms with Gasteiger partial charge in [0.1, 0.15) is 6.54 Å². The molecule has 0 aliphatic carbocycles. The van der Waals surface area contributed by atoms with Gasteiger partial charge in [0.2, 0.25) is 0 Å². The van der Waals surface area contributed by atoms with Gasteiger partial charge in [0.25, 0.3) is 0 Å². The summed E-state index contributed by atoms with van der Waals surface area (Å²) in [6.45, 7) is 8.24. The van der Waals surface area contributed by atoms with Gasteiger partial charge < -0.3 is 5.11 Å². The van der Waals surface area contributed by atoms with E-state index in [1.165, 1.54) is 89.9 Å². The largest absolute Gasteiger partial charge is 0.345 e. The van der Waals surface area contributed by atoms with Gasteiger partial charge in [-0.25, -0.2) is 4.99 Å². The molecular weight excluding hydrogens is 344 g/mol. The molecule has 3 unspecified atom stereocenters. The summed E-state index contributed by atoms with van der Waals surface area (Å²) >= 11 is 0. The molecule has 0 aromatic carbocycles. The average molecular weight is 394 g/mol. The van der Waals surface area contributed by atoms with Crippen LogP contribution in [0.25, 0.3) is 0 Å². The lowest BCUT2D eigenvalue weighted by molar-refractivity contribution is -0.976. The Kier molecular flexibility index (Phi) is 14.6. The highest BCUT2D eigenvalue weighted by Crippen LogP contribution is 2.26. The molecule has 0 saturated heterocycles. The highest BCUT2D eigenvalue weighted by atomic mass is 16.3. The number of nitrogens with zero attached hydrogens (tertiary/aromatic N) is 2. The Morgan fingerprint density at radius 2 is 1.43 bits per heavy atom. The van der Waals surface area contributed by atoms with Gasteiger partial charge in [-0.2, -0.15) is 0 Å². The van der Waals surface area contributed by atoms with Crippen molar-refractivity contribution in [3.8, 4) is 0 Å². The smallest absolute Gasteiger partial charge is 0.189 e. The third-order valence-corrected chi connectivity index (χ3v) is 6.60. The number of rotatable bonds is 18. The first kappa shape index (κ1) is 25.4. The highest BCUT2D eigenvalue weighted by molar-refractivity contribution is 5.60. The molecule has 1 aliphatic heterocycles. The second kappa shape index (κ2) is 16.2. The summed E-state index contributed by atoms with van der Waals surface area (Å²) in [5.41, 5.74) is 0. The first-order valence-corrected chi connectivity index (χ1v) is 12.4. The van der Waals surface area contributed by atoms with E-state index in [1.54, 1.807) is 0 Å². The van der Waals surface area contributed by atoms with E-state index >= 15 is 0 Å². The van der Waals surface area contributed by atoms with Gasteiger partial charge in [-0.1, -0.05) is 76.9 Å². The van der Waals surface area contributed by atoms with Crippen LogP contribution >= 0.6 is 0 Å². The molecule has 0 saturated carbocycles. The summed E-state index contributed by atoms with van der Waals surface area (Å²) in [7, 11) is 0. The molecule has 164 valence electrons. The maximum atomic E-state index is 10.2. The fourth-order valence-corrected chi connectivity index (χ4v) is 4.49. The summed E-state index contributed by atoms with van der Waals surface area (Å²) in [4.78, 5) is 4.67. The van der Waals surface area contributed by atoms with Gasteiger partial charge in [-0.3, -0.25) is 4.48 Å². The molecule has 0 spiro atoms. The zero-order valence-corrected chi connectivity index (χ0v) is 19.2. The lowest BCUT2D eigenvalue weighted by atomic mass is 10.0. The van der Waals surface area contributed by atoms with Gasteiger partial charge in [-0.15, -0.1) is 0 Å². The normalized spacial score (nSPS) is 23.1. The lowest BCUT2D eigenvalue weighted by Crippen LogP contribution is -2.57. The van der Waals surface area contributed by atoms with Gasteiger partial charge >= 0.3 is 0 Å². The summed E-state index contributed by atoms with van der Waals surface area (Å²) in [6, 6.07) is 0. The van der Waals surface area contributed by atoms with E-state index in [4.69, 9.17) is 0 Å². The second-order valence-electron chi connectivity index (χ2n) is 8.77. The van der Waals surface area contributed by atoms with Crippen LogP contribution in [0.15, 0.2) is 17.1 Å². The summed E-state index contributed by atoms with van der Waals surface area (Å²) in [6.07, 6.45) is 26.8. The van der Waals surface area contributed by atoms with E-state index in [9.17, 15) is 5.11 Å². The van der Waals surface area contributed by atoms with Crippen LogP contribution in [0.2, 0.25) is 0 Å². The van der Waals surface area contributed by atoms with E-state index in [0.717, 1.165) is 24.0 Å². The zero-order chi connectivity index (χ0) is 20.5. The molecule has 3 nitrogen and oxygen atoms in total. The van der Waals surface area contributed by atoms with Gasteiger partial charge in [0.05, 0.1) is 12.8 Å². The van der Waals surface area contributed by atoms with E-state index in [-0.39, 0.29) is 12.4 Å². The van der Waals surface area contributed by atoms with Crippen molar-refractivity contribution in [3.05, 3.63) is 12.2 Å². The van der Waals surface area contributed by atoms with Crippen LogP contribution < -0.4 is 0 Å². The average Bonchev–Trinajstić information content (AvgIpc) is 3.12. The molecule has 3 heteroatoms. The number of hydrogen-bond acceptors (Lipinski definition) is 2. The molecule has 3 atom stereocenters. The zero-order valence-electron chi connectivity index (χ0n) is 19.2. The minimum Gasteiger partial charge on any atom is -0.345 e. The highest BCUT2D eigenvalue weighted by Gasteiger charge is 2.41. The monoisotopic (exact) mass is 393 g/mol. The van der Waals surface area contributed by atoms with Crippen LogP contribution in [-0.4, -0.2) is 41.3 Å². The van der Waals surface area contributed by atoms with Crippen molar-refractivity contribution < 1.29 is 9.59 Å². The van der Waals surface area contributed by atoms with Gasteiger partial charge in [-0.05, 0) is 39.0 Å². The molecule has 1 heterocycles. The van der Waals surface area contributed by atoms with Crippen molar-refractivity contribution in [2.45, 2.75) is 129 Å². The third kappa shape index (κ3) is 9.69. The van der Waals surface area contributed by atoms with Crippen molar-refractivity contribution in [1.29, 1.82) is 0 Å². The predicted octanol–water partition coefficient (Wildman–Crippen LogP) is 7.00. The Morgan fingerprint density at radius 3 is 1.96 bits per heavy atom. The topological polar surface area (TPSA) is 32.6 Å². The van der Waals surface area contributed by atoms with Crippen LogP contribution in [0.5, 0.6) is 0 Å². The van der Waals surface area contributed by atoms with Crippen molar-refractivity contribution >= 4 is 6.21 Å². The van der Waals surface area contributed by atoms with Crippen molar-refractivity contribution in [1.82, 2.24) is 0 Å². The lowest BCUT2D eigenvalue weighted by Gasteiger charge is -2.40. The minimum absolute atomic E-state index is 0.282. The quantitative estimate of drug-likeness (QED) is 0.152. The van der Waals surface area contributed by atoms with Crippen LogP contribution in [-0.2, 0) is 0 Å². The molecule has 1 rings (SSSR count). The van der Waals surface area contributed by atoms with E-state index in [0.29, 0.717) is 0 Å². The fraction of sp³-hybridized carbons (Fsp3) is 0.880. The van der Waals surface area contributed by atoms with Crippen LogP contribution in [0, 0.1) is 0 Å². The first-order chi connectivity index (χ1) is 13.7. The number of aliphatic hydroxyl groups excluding tert-OH is 1. The Morgan fingerprint density at radius 1 is 0.893 bits per heavy atom. The molecule has 0 bridgehead atoms. The standard InChI is InChI=1S/C25H49N2O/c1-4-6-7-8-9-10-11-12-13-14-15-16-17-18-19-20-21-25-26-22-23-27(25,5-2)24(3)28/h10-11,22,24-25,28H,4-9,12-21,23H2,1-3H3/q+1/b11-10+. The van der Waals surface area contributed by atoms with Crippen molar-refractivity contribution in [2.75, 3.05) is 13.1 Å². The summed E-state index contributed by atoms with van der Waals surface area (Å²) in [5, 5.41) is 10.2. The van der Waals surface area contributed by atoms with E-state index in [1.807, 2.05) is 13.1 Å². The maximum absolute atomic E-state index is 10.2. The Balaban J connectivity index is 1.91. The molecule has 0 aromatic rings. The molecule has 0 amide bonds.